The standard InChI is InChI=1S/C19H24ClN7O2/c1-10-13(7-12(20)9-23-10)14-15(24-8-11-5-3-2-4-6-11)16(21)26-18(25-14)17(22)27-19(28)29/h7,9,11,24H,2-6,8H2,1H3,(H2,22,27)(H,28,29)(H2,21,25,26). The van der Waals surface area contributed by atoms with Crippen molar-refractivity contribution in [3.63, 3.8) is 0 Å². The lowest BCUT2D eigenvalue weighted by molar-refractivity contribution is 0.200. The smallest absolute Gasteiger partial charge is 0.410 e. The number of amides is 1. The average molecular weight is 418 g/mol. The third-order valence-electron chi connectivity index (χ3n) is 4.99. The summed E-state index contributed by atoms with van der Waals surface area (Å²) in [5.74, 6) is 0.0952. The van der Waals surface area contributed by atoms with Crippen LogP contribution in [0.25, 0.3) is 11.3 Å². The largest absolute Gasteiger partial charge is 0.465 e. The van der Waals surface area contributed by atoms with Crippen LogP contribution < -0.4 is 16.4 Å². The molecule has 0 aromatic carbocycles. The minimum atomic E-state index is -1.38. The summed E-state index contributed by atoms with van der Waals surface area (Å²) in [7, 11) is 0. The number of anilines is 2. The SMILES string of the molecule is Cc1ncc(Cl)cc1-c1nc(C(=N)NC(=O)O)nc(N)c1NCC1CCCCC1. The molecule has 0 saturated heterocycles. The van der Waals surface area contributed by atoms with E-state index in [1.807, 2.05) is 12.2 Å². The number of nitrogens with zero attached hydrogens (tertiary/aromatic N) is 3. The summed E-state index contributed by atoms with van der Waals surface area (Å²) in [4.78, 5) is 23.7. The van der Waals surface area contributed by atoms with Gasteiger partial charge in [-0.05, 0) is 31.7 Å². The Morgan fingerprint density at radius 2 is 2.07 bits per heavy atom. The molecule has 3 rings (SSSR count). The zero-order chi connectivity index (χ0) is 21.0. The van der Waals surface area contributed by atoms with Gasteiger partial charge in [0.1, 0.15) is 11.4 Å². The molecule has 10 heteroatoms. The van der Waals surface area contributed by atoms with E-state index in [0.29, 0.717) is 33.6 Å². The van der Waals surface area contributed by atoms with E-state index in [9.17, 15) is 4.79 Å². The van der Waals surface area contributed by atoms with E-state index >= 15 is 0 Å². The van der Waals surface area contributed by atoms with Gasteiger partial charge in [0.25, 0.3) is 0 Å². The minimum Gasteiger partial charge on any atom is -0.465 e. The van der Waals surface area contributed by atoms with E-state index in [1.54, 1.807) is 6.07 Å². The molecule has 6 N–H and O–H groups in total. The maximum atomic E-state index is 10.9. The van der Waals surface area contributed by atoms with Gasteiger partial charge in [-0.25, -0.2) is 14.8 Å². The summed E-state index contributed by atoms with van der Waals surface area (Å²) in [6, 6.07) is 1.72. The number of aromatic nitrogens is 3. The summed E-state index contributed by atoms with van der Waals surface area (Å²) in [5.41, 5.74) is 8.49. The Kier molecular flexibility index (Phi) is 6.48. The van der Waals surface area contributed by atoms with Crippen molar-refractivity contribution in [1.29, 1.82) is 5.41 Å². The number of amidine groups is 1. The second-order valence-electron chi connectivity index (χ2n) is 7.13. The highest BCUT2D eigenvalue weighted by Crippen LogP contribution is 2.34. The molecule has 0 bridgehead atoms. The first-order valence-electron chi connectivity index (χ1n) is 9.48. The van der Waals surface area contributed by atoms with Crippen LogP contribution in [-0.2, 0) is 0 Å². The van der Waals surface area contributed by atoms with Crippen molar-refractivity contribution in [3.8, 4) is 11.3 Å². The summed E-state index contributed by atoms with van der Waals surface area (Å²) < 4.78 is 0. The molecule has 154 valence electrons. The van der Waals surface area contributed by atoms with Crippen molar-refractivity contribution in [3.05, 3.63) is 28.8 Å². The normalized spacial score (nSPS) is 14.4. The first-order valence-corrected chi connectivity index (χ1v) is 9.85. The van der Waals surface area contributed by atoms with E-state index in [1.165, 1.54) is 25.5 Å². The zero-order valence-electron chi connectivity index (χ0n) is 16.1. The van der Waals surface area contributed by atoms with E-state index in [-0.39, 0.29) is 11.6 Å². The number of pyridine rings is 1. The number of carboxylic acid groups (broad SMARTS) is 1. The van der Waals surface area contributed by atoms with Crippen LogP contribution in [-0.4, -0.2) is 38.5 Å². The molecule has 0 atom stereocenters. The number of hydrogen-bond donors (Lipinski definition) is 5. The van der Waals surface area contributed by atoms with Gasteiger partial charge in [-0.3, -0.25) is 15.7 Å². The van der Waals surface area contributed by atoms with Gasteiger partial charge in [-0.1, -0.05) is 30.9 Å². The molecular formula is C19H24ClN7O2. The predicted molar refractivity (Wildman–Crippen MR) is 112 cm³/mol. The molecular weight excluding hydrogens is 394 g/mol. The van der Waals surface area contributed by atoms with Crippen molar-refractivity contribution in [2.24, 2.45) is 5.92 Å². The zero-order valence-corrected chi connectivity index (χ0v) is 16.9. The van der Waals surface area contributed by atoms with E-state index in [0.717, 1.165) is 19.4 Å². The molecule has 1 saturated carbocycles. The van der Waals surface area contributed by atoms with E-state index in [4.69, 9.17) is 27.9 Å². The number of nitrogen functional groups attached to an aromatic ring is 1. The first-order chi connectivity index (χ1) is 13.8. The van der Waals surface area contributed by atoms with Crippen molar-refractivity contribution < 1.29 is 9.90 Å². The lowest BCUT2D eigenvalue weighted by Crippen LogP contribution is -2.31. The highest BCUT2D eigenvalue weighted by atomic mass is 35.5. The number of rotatable bonds is 5. The highest BCUT2D eigenvalue weighted by Gasteiger charge is 2.21. The van der Waals surface area contributed by atoms with Gasteiger partial charge in [0.15, 0.2) is 17.5 Å². The predicted octanol–water partition coefficient (Wildman–Crippen LogP) is 3.67. The van der Waals surface area contributed by atoms with Crippen LogP contribution >= 0.6 is 11.6 Å². The maximum absolute atomic E-state index is 10.9. The molecule has 1 amide bonds. The van der Waals surface area contributed by atoms with Crippen LogP contribution in [0.5, 0.6) is 0 Å². The molecule has 2 aromatic rings. The Balaban J connectivity index is 2.02. The molecule has 2 aromatic heterocycles. The summed E-state index contributed by atoms with van der Waals surface area (Å²) in [5, 5.41) is 22.6. The lowest BCUT2D eigenvalue weighted by atomic mass is 9.89. The summed E-state index contributed by atoms with van der Waals surface area (Å²) in [6.07, 6.45) is 6.19. The molecule has 1 aliphatic carbocycles. The average Bonchev–Trinajstić information content (AvgIpc) is 2.68. The molecule has 0 aliphatic heterocycles. The Labute approximate surface area is 173 Å². The maximum Gasteiger partial charge on any atom is 0.410 e. The van der Waals surface area contributed by atoms with Crippen molar-refractivity contribution in [2.45, 2.75) is 39.0 Å². The Morgan fingerprint density at radius 1 is 1.34 bits per heavy atom. The molecule has 0 spiro atoms. The van der Waals surface area contributed by atoms with Gasteiger partial charge in [-0.15, -0.1) is 0 Å². The van der Waals surface area contributed by atoms with Crippen LogP contribution in [0.2, 0.25) is 5.02 Å². The second kappa shape index (κ2) is 9.04. The van der Waals surface area contributed by atoms with Crippen molar-refractivity contribution >= 4 is 35.0 Å². The van der Waals surface area contributed by atoms with E-state index in [2.05, 4.69) is 20.3 Å². The Hall–Kier alpha value is -2.94. The molecule has 0 unspecified atom stereocenters. The fraction of sp³-hybridized carbons (Fsp3) is 0.421. The van der Waals surface area contributed by atoms with Crippen LogP contribution in [0, 0.1) is 18.3 Å². The van der Waals surface area contributed by atoms with Crippen LogP contribution in [0.1, 0.15) is 43.6 Å². The van der Waals surface area contributed by atoms with Crippen LogP contribution in [0.3, 0.4) is 0 Å². The fourth-order valence-electron chi connectivity index (χ4n) is 3.51. The fourth-order valence-corrected chi connectivity index (χ4v) is 3.66. The Morgan fingerprint density at radius 3 is 2.76 bits per heavy atom. The summed E-state index contributed by atoms with van der Waals surface area (Å²) >= 11 is 6.14. The molecule has 2 heterocycles. The monoisotopic (exact) mass is 417 g/mol. The van der Waals surface area contributed by atoms with Crippen molar-refractivity contribution in [1.82, 2.24) is 20.3 Å². The van der Waals surface area contributed by atoms with Gasteiger partial charge in [0.05, 0.1) is 5.02 Å². The number of nitrogens with two attached hydrogens (primary N) is 1. The quantitative estimate of drug-likeness (QED) is 0.367. The van der Waals surface area contributed by atoms with Gasteiger partial charge >= 0.3 is 6.09 Å². The number of aryl methyl sites for hydroxylation is 1. The second-order valence-corrected chi connectivity index (χ2v) is 7.57. The number of carbonyl (C=O) groups is 1. The number of halogens is 1. The summed E-state index contributed by atoms with van der Waals surface area (Å²) in [6.45, 7) is 2.55. The third-order valence-corrected chi connectivity index (χ3v) is 5.20. The van der Waals surface area contributed by atoms with Gasteiger partial charge < -0.3 is 16.2 Å². The van der Waals surface area contributed by atoms with Gasteiger partial charge in [0, 0.05) is 24.0 Å². The number of hydrogen-bond acceptors (Lipinski definition) is 7. The third kappa shape index (κ3) is 5.11. The van der Waals surface area contributed by atoms with Crippen LogP contribution in [0.4, 0.5) is 16.3 Å². The molecule has 29 heavy (non-hydrogen) atoms. The Bertz CT molecular complexity index is 929. The number of nitrogens with one attached hydrogen (secondary N) is 3. The first kappa shape index (κ1) is 20.8. The van der Waals surface area contributed by atoms with Crippen LogP contribution in [0.15, 0.2) is 12.3 Å². The molecule has 1 fully saturated rings. The lowest BCUT2D eigenvalue weighted by Gasteiger charge is -2.23. The topological polar surface area (TPSA) is 150 Å². The minimum absolute atomic E-state index is 0.123. The van der Waals surface area contributed by atoms with E-state index < -0.39 is 11.9 Å². The molecule has 9 nitrogen and oxygen atoms in total. The molecule has 1 aliphatic rings. The van der Waals surface area contributed by atoms with Gasteiger partial charge in [-0.2, -0.15) is 0 Å². The highest BCUT2D eigenvalue weighted by molar-refractivity contribution is 6.30. The molecule has 0 radical (unpaired) electrons. The van der Waals surface area contributed by atoms with Gasteiger partial charge in [0.2, 0.25) is 0 Å². The van der Waals surface area contributed by atoms with Crippen molar-refractivity contribution in [2.75, 3.05) is 17.6 Å².